The van der Waals surface area contributed by atoms with Crippen molar-refractivity contribution in [3.8, 4) is 0 Å². The van der Waals surface area contributed by atoms with Crippen LogP contribution in [0.25, 0.3) is 0 Å². The van der Waals surface area contributed by atoms with Crippen LogP contribution in [-0.2, 0) is 11.3 Å². The van der Waals surface area contributed by atoms with E-state index in [2.05, 4.69) is 44.7 Å². The van der Waals surface area contributed by atoms with Gasteiger partial charge >= 0.3 is 6.03 Å². The molecule has 28 heavy (non-hydrogen) atoms. The van der Waals surface area contributed by atoms with Gasteiger partial charge in [0.2, 0.25) is 5.91 Å². The van der Waals surface area contributed by atoms with Crippen molar-refractivity contribution in [2.75, 3.05) is 39.3 Å². The Balaban J connectivity index is 1.64. The topological polar surface area (TPSA) is 90.7 Å². The van der Waals surface area contributed by atoms with E-state index in [9.17, 15) is 9.59 Å². The predicted molar refractivity (Wildman–Crippen MR) is 112 cm³/mol. The Morgan fingerprint density at radius 1 is 1.07 bits per heavy atom. The Labute approximate surface area is 168 Å². The maximum atomic E-state index is 12.4. The van der Waals surface area contributed by atoms with E-state index in [-0.39, 0.29) is 5.91 Å². The number of primary amides is 1. The SMILES string of the molecule is CC(C)(C)[C@@H](NC(N)=O)C(=O)NCCCN1CCN(Cc2ccccc2)CC1. The van der Waals surface area contributed by atoms with Crippen molar-refractivity contribution >= 4 is 11.9 Å². The van der Waals surface area contributed by atoms with Gasteiger partial charge in [0.15, 0.2) is 0 Å². The number of nitrogens with two attached hydrogens (primary N) is 1. The summed E-state index contributed by atoms with van der Waals surface area (Å²) in [7, 11) is 0. The third-order valence-electron chi connectivity index (χ3n) is 5.08. The third kappa shape index (κ3) is 7.48. The van der Waals surface area contributed by atoms with Crippen LogP contribution in [0.15, 0.2) is 30.3 Å². The molecule has 1 aliphatic heterocycles. The van der Waals surface area contributed by atoms with Crippen LogP contribution in [0.3, 0.4) is 0 Å². The first-order valence-electron chi connectivity index (χ1n) is 10.1. The minimum atomic E-state index is -0.677. The minimum absolute atomic E-state index is 0.181. The summed E-state index contributed by atoms with van der Waals surface area (Å²) in [6, 6.07) is 9.26. The molecule has 156 valence electrons. The van der Waals surface area contributed by atoms with E-state index in [0.29, 0.717) is 6.54 Å². The second-order valence-electron chi connectivity index (χ2n) is 8.56. The van der Waals surface area contributed by atoms with E-state index in [1.807, 2.05) is 26.8 Å². The van der Waals surface area contributed by atoms with Crippen LogP contribution in [0.2, 0.25) is 0 Å². The van der Waals surface area contributed by atoms with Gasteiger partial charge in [-0.15, -0.1) is 0 Å². The van der Waals surface area contributed by atoms with Gasteiger partial charge < -0.3 is 21.3 Å². The van der Waals surface area contributed by atoms with Gasteiger partial charge in [0.05, 0.1) is 0 Å². The summed E-state index contributed by atoms with van der Waals surface area (Å²) >= 11 is 0. The van der Waals surface area contributed by atoms with Crippen LogP contribution in [0.5, 0.6) is 0 Å². The van der Waals surface area contributed by atoms with E-state index in [1.165, 1.54) is 5.56 Å². The number of urea groups is 1. The van der Waals surface area contributed by atoms with Crippen molar-refractivity contribution in [2.24, 2.45) is 11.1 Å². The largest absolute Gasteiger partial charge is 0.354 e. The second-order valence-corrected chi connectivity index (χ2v) is 8.56. The monoisotopic (exact) mass is 389 g/mol. The number of rotatable bonds is 8. The fourth-order valence-corrected chi connectivity index (χ4v) is 3.45. The molecule has 7 nitrogen and oxygen atoms in total. The van der Waals surface area contributed by atoms with Crippen molar-refractivity contribution in [3.05, 3.63) is 35.9 Å². The van der Waals surface area contributed by atoms with Gasteiger partial charge in [0.25, 0.3) is 0 Å². The van der Waals surface area contributed by atoms with Crippen LogP contribution in [0, 0.1) is 5.41 Å². The molecule has 3 amide bonds. The van der Waals surface area contributed by atoms with E-state index < -0.39 is 17.5 Å². The molecule has 1 heterocycles. The quantitative estimate of drug-likeness (QED) is 0.586. The molecule has 1 aliphatic rings. The number of piperazine rings is 1. The minimum Gasteiger partial charge on any atom is -0.354 e. The number of amides is 3. The lowest BCUT2D eigenvalue weighted by Gasteiger charge is -2.34. The van der Waals surface area contributed by atoms with Gasteiger partial charge in [-0.2, -0.15) is 0 Å². The van der Waals surface area contributed by atoms with E-state index >= 15 is 0 Å². The molecule has 0 radical (unpaired) electrons. The first-order valence-corrected chi connectivity index (χ1v) is 10.1. The molecule has 1 atom stereocenters. The molecule has 0 saturated carbocycles. The highest BCUT2D eigenvalue weighted by atomic mass is 16.2. The summed E-state index contributed by atoms with van der Waals surface area (Å²) in [6.07, 6.45) is 0.887. The third-order valence-corrected chi connectivity index (χ3v) is 5.08. The van der Waals surface area contributed by atoms with E-state index in [4.69, 9.17) is 5.73 Å². The molecule has 1 saturated heterocycles. The number of hydrogen-bond acceptors (Lipinski definition) is 4. The Hall–Kier alpha value is -2.12. The molecule has 1 fully saturated rings. The van der Waals surface area contributed by atoms with Crippen molar-refractivity contribution in [3.63, 3.8) is 0 Å². The highest BCUT2D eigenvalue weighted by Crippen LogP contribution is 2.19. The standard InChI is InChI=1S/C21H35N5O2/c1-21(2,3)18(24-20(22)28)19(27)23-10-7-11-25-12-14-26(15-13-25)16-17-8-5-4-6-9-17/h4-6,8-9,18H,7,10-16H2,1-3H3,(H,23,27)(H3,22,24,28)/t18-/m0/s1. The van der Waals surface area contributed by atoms with Crippen molar-refractivity contribution in [1.82, 2.24) is 20.4 Å². The zero-order valence-corrected chi connectivity index (χ0v) is 17.4. The number of benzene rings is 1. The lowest BCUT2D eigenvalue weighted by atomic mass is 9.86. The average Bonchev–Trinajstić information content (AvgIpc) is 2.64. The summed E-state index contributed by atoms with van der Waals surface area (Å²) in [5.74, 6) is -0.181. The molecule has 1 aromatic rings. The molecule has 7 heteroatoms. The van der Waals surface area contributed by atoms with Crippen molar-refractivity contribution < 1.29 is 9.59 Å². The first kappa shape index (κ1) is 22.2. The molecule has 0 aliphatic carbocycles. The van der Waals surface area contributed by atoms with Gasteiger partial charge in [-0.25, -0.2) is 4.79 Å². The van der Waals surface area contributed by atoms with E-state index in [1.54, 1.807) is 0 Å². The zero-order chi connectivity index (χ0) is 20.6. The number of carbonyl (C=O) groups is 2. The summed E-state index contributed by atoms with van der Waals surface area (Å²) in [5, 5.41) is 5.47. The fraction of sp³-hybridized carbons (Fsp3) is 0.619. The molecule has 4 N–H and O–H groups in total. The maximum Gasteiger partial charge on any atom is 0.312 e. The summed E-state index contributed by atoms with van der Waals surface area (Å²) in [5.41, 5.74) is 6.16. The average molecular weight is 390 g/mol. The Bertz CT molecular complexity index is 621. The number of hydrogen-bond donors (Lipinski definition) is 3. The van der Waals surface area contributed by atoms with Crippen LogP contribution < -0.4 is 16.4 Å². The Kier molecular flexibility index (Phi) is 8.26. The molecular formula is C21H35N5O2. The predicted octanol–water partition coefficient (Wildman–Crippen LogP) is 1.39. The van der Waals surface area contributed by atoms with Gasteiger partial charge in [-0.1, -0.05) is 51.1 Å². The van der Waals surface area contributed by atoms with Crippen LogP contribution in [0.1, 0.15) is 32.8 Å². The molecule has 1 aromatic carbocycles. The van der Waals surface area contributed by atoms with Crippen LogP contribution >= 0.6 is 0 Å². The smallest absolute Gasteiger partial charge is 0.312 e. The van der Waals surface area contributed by atoms with Crippen LogP contribution in [0.4, 0.5) is 4.79 Å². The molecule has 2 rings (SSSR count). The Morgan fingerprint density at radius 2 is 1.68 bits per heavy atom. The maximum absolute atomic E-state index is 12.4. The van der Waals surface area contributed by atoms with Crippen molar-refractivity contribution in [2.45, 2.75) is 39.8 Å². The van der Waals surface area contributed by atoms with Gasteiger partial charge in [-0.3, -0.25) is 9.69 Å². The molecule has 0 spiro atoms. The highest BCUT2D eigenvalue weighted by Gasteiger charge is 2.32. The van der Waals surface area contributed by atoms with E-state index in [0.717, 1.165) is 45.7 Å². The lowest BCUT2D eigenvalue weighted by Crippen LogP contribution is -2.55. The summed E-state index contributed by atoms with van der Waals surface area (Å²) < 4.78 is 0. The fourth-order valence-electron chi connectivity index (χ4n) is 3.45. The van der Waals surface area contributed by atoms with Gasteiger partial charge in [-0.05, 0) is 23.9 Å². The number of nitrogens with zero attached hydrogens (tertiary/aromatic N) is 2. The van der Waals surface area contributed by atoms with Gasteiger partial charge in [0, 0.05) is 39.3 Å². The van der Waals surface area contributed by atoms with Crippen LogP contribution in [-0.4, -0.2) is 67.0 Å². The van der Waals surface area contributed by atoms with Gasteiger partial charge in [0.1, 0.15) is 6.04 Å². The molecule has 0 aromatic heterocycles. The number of carbonyl (C=O) groups excluding carboxylic acids is 2. The second kappa shape index (κ2) is 10.4. The molecular weight excluding hydrogens is 354 g/mol. The highest BCUT2D eigenvalue weighted by molar-refractivity contribution is 5.87. The summed E-state index contributed by atoms with van der Waals surface area (Å²) in [4.78, 5) is 28.5. The molecule has 0 bridgehead atoms. The Morgan fingerprint density at radius 3 is 2.25 bits per heavy atom. The molecule has 0 unspecified atom stereocenters. The normalized spacial score (nSPS) is 17.1. The first-order chi connectivity index (χ1) is 13.3. The number of nitrogens with one attached hydrogen (secondary N) is 2. The lowest BCUT2D eigenvalue weighted by molar-refractivity contribution is -0.125. The zero-order valence-electron chi connectivity index (χ0n) is 17.4. The van der Waals surface area contributed by atoms with Crippen molar-refractivity contribution in [1.29, 1.82) is 0 Å². The summed E-state index contributed by atoms with van der Waals surface area (Å²) in [6.45, 7) is 12.5.